The van der Waals surface area contributed by atoms with Crippen molar-refractivity contribution in [2.24, 2.45) is 5.73 Å². The van der Waals surface area contributed by atoms with Crippen molar-refractivity contribution in [3.8, 4) is 11.4 Å². The zero-order valence-electron chi connectivity index (χ0n) is 10.2. The second-order valence-electron chi connectivity index (χ2n) is 4.20. The van der Waals surface area contributed by atoms with Crippen LogP contribution in [0, 0.1) is 5.82 Å². The summed E-state index contributed by atoms with van der Waals surface area (Å²) in [5.74, 6) is 0.605. The smallest absolute Gasteiger partial charge is 0.141 e. The molecule has 0 amide bonds. The molecule has 0 unspecified atom stereocenters. The van der Waals surface area contributed by atoms with Crippen molar-refractivity contribution in [3.63, 3.8) is 0 Å². The third-order valence-corrected chi connectivity index (χ3v) is 2.75. The topological polar surface area (TPSA) is 67.6 Å². The summed E-state index contributed by atoms with van der Waals surface area (Å²) in [6.07, 6.45) is 7.08. The number of aryl methyl sites for hydroxylation is 1. The molecule has 0 saturated carbocycles. The first-order valence-electron chi connectivity index (χ1n) is 6.15. The van der Waals surface area contributed by atoms with Crippen LogP contribution in [0.3, 0.4) is 0 Å². The van der Waals surface area contributed by atoms with Crippen molar-refractivity contribution in [3.05, 3.63) is 36.2 Å². The highest BCUT2D eigenvalue weighted by Gasteiger charge is 2.04. The van der Waals surface area contributed by atoms with Crippen LogP contribution in [0.5, 0.6) is 0 Å². The van der Waals surface area contributed by atoms with Crippen molar-refractivity contribution < 1.29 is 4.39 Å². The molecule has 0 radical (unpaired) electrons. The molecule has 4 nitrogen and oxygen atoms in total. The lowest BCUT2D eigenvalue weighted by Gasteiger charge is -1.98. The molecule has 0 aromatic carbocycles. The SMILES string of the molecule is NCCCCCc1ncc(-c2ccc(F)cn2)[nH]1. The van der Waals surface area contributed by atoms with E-state index in [1.165, 1.54) is 12.3 Å². The average Bonchev–Trinajstić information content (AvgIpc) is 2.84. The molecule has 5 heteroatoms. The molecule has 2 rings (SSSR count). The Balaban J connectivity index is 1.95. The van der Waals surface area contributed by atoms with Gasteiger partial charge in [-0.2, -0.15) is 0 Å². The maximum absolute atomic E-state index is 12.7. The molecule has 0 aliphatic heterocycles. The zero-order valence-corrected chi connectivity index (χ0v) is 10.2. The summed E-state index contributed by atoms with van der Waals surface area (Å²) in [5.41, 5.74) is 6.97. The molecular formula is C13H17FN4. The summed E-state index contributed by atoms with van der Waals surface area (Å²) in [7, 11) is 0. The number of aromatic amines is 1. The van der Waals surface area contributed by atoms with Gasteiger partial charge >= 0.3 is 0 Å². The second kappa shape index (κ2) is 6.26. The molecule has 0 saturated heterocycles. The van der Waals surface area contributed by atoms with Crippen LogP contribution in [-0.4, -0.2) is 21.5 Å². The molecule has 18 heavy (non-hydrogen) atoms. The average molecular weight is 248 g/mol. The van der Waals surface area contributed by atoms with Crippen molar-refractivity contribution in [2.75, 3.05) is 6.54 Å². The summed E-state index contributed by atoms with van der Waals surface area (Å²) in [6, 6.07) is 3.03. The number of aromatic nitrogens is 3. The van der Waals surface area contributed by atoms with Crippen molar-refractivity contribution in [2.45, 2.75) is 25.7 Å². The highest BCUT2D eigenvalue weighted by Crippen LogP contribution is 2.15. The fourth-order valence-corrected chi connectivity index (χ4v) is 1.77. The van der Waals surface area contributed by atoms with Crippen molar-refractivity contribution in [1.82, 2.24) is 15.0 Å². The number of pyridine rings is 1. The van der Waals surface area contributed by atoms with Crippen LogP contribution in [0.15, 0.2) is 24.5 Å². The van der Waals surface area contributed by atoms with Gasteiger partial charge in [-0.1, -0.05) is 6.42 Å². The first kappa shape index (κ1) is 12.7. The minimum Gasteiger partial charge on any atom is -0.341 e. The number of nitrogens with two attached hydrogens (primary N) is 1. The van der Waals surface area contributed by atoms with Gasteiger partial charge in [0.1, 0.15) is 11.6 Å². The maximum atomic E-state index is 12.7. The Hall–Kier alpha value is -1.75. The monoisotopic (exact) mass is 248 g/mol. The standard InChI is InChI=1S/C13H17FN4/c14-10-5-6-11(16-8-10)12-9-17-13(18-12)4-2-1-3-7-15/h5-6,8-9H,1-4,7,15H2,(H,17,18). The molecule has 2 aromatic heterocycles. The number of nitrogens with zero attached hydrogens (tertiary/aromatic N) is 2. The van der Waals surface area contributed by atoms with E-state index >= 15 is 0 Å². The van der Waals surface area contributed by atoms with Gasteiger partial charge < -0.3 is 10.7 Å². The predicted octanol–water partition coefficient (Wildman–Crippen LogP) is 2.28. The van der Waals surface area contributed by atoms with E-state index < -0.39 is 0 Å². The van der Waals surface area contributed by atoms with E-state index in [9.17, 15) is 4.39 Å². The summed E-state index contributed by atoms with van der Waals surface area (Å²) in [6.45, 7) is 0.739. The Morgan fingerprint density at radius 2 is 2.00 bits per heavy atom. The van der Waals surface area contributed by atoms with E-state index in [4.69, 9.17) is 5.73 Å². The van der Waals surface area contributed by atoms with Crippen LogP contribution in [-0.2, 0) is 6.42 Å². The van der Waals surface area contributed by atoms with Crippen LogP contribution in [0.2, 0.25) is 0 Å². The lowest BCUT2D eigenvalue weighted by molar-refractivity contribution is 0.622. The lowest BCUT2D eigenvalue weighted by Crippen LogP contribution is -1.98. The first-order chi connectivity index (χ1) is 8.79. The summed E-state index contributed by atoms with van der Waals surface area (Å²) < 4.78 is 12.7. The third-order valence-electron chi connectivity index (χ3n) is 2.75. The van der Waals surface area contributed by atoms with Crippen LogP contribution >= 0.6 is 0 Å². The van der Waals surface area contributed by atoms with E-state index in [0.29, 0.717) is 5.69 Å². The van der Waals surface area contributed by atoms with Gasteiger partial charge in [0.05, 0.1) is 23.8 Å². The molecule has 3 N–H and O–H groups in total. The molecular weight excluding hydrogens is 231 g/mol. The second-order valence-corrected chi connectivity index (χ2v) is 4.20. The minimum atomic E-state index is -0.333. The molecule has 0 aliphatic carbocycles. The Labute approximate surface area is 105 Å². The fraction of sp³-hybridized carbons (Fsp3) is 0.385. The molecule has 0 aliphatic rings. The number of rotatable bonds is 6. The summed E-state index contributed by atoms with van der Waals surface area (Å²) in [4.78, 5) is 11.5. The van der Waals surface area contributed by atoms with E-state index in [2.05, 4.69) is 15.0 Å². The number of halogens is 1. The molecule has 0 fully saturated rings. The molecule has 2 aromatic rings. The highest BCUT2D eigenvalue weighted by atomic mass is 19.1. The molecule has 0 bridgehead atoms. The van der Waals surface area contributed by atoms with E-state index in [0.717, 1.165) is 43.7 Å². The van der Waals surface area contributed by atoms with Gasteiger partial charge in [0.15, 0.2) is 0 Å². The van der Waals surface area contributed by atoms with Gasteiger partial charge in [0.25, 0.3) is 0 Å². The number of unbranched alkanes of at least 4 members (excludes halogenated alkanes) is 2. The van der Waals surface area contributed by atoms with Crippen molar-refractivity contribution in [1.29, 1.82) is 0 Å². The largest absolute Gasteiger partial charge is 0.341 e. The highest BCUT2D eigenvalue weighted by molar-refractivity contribution is 5.52. The van der Waals surface area contributed by atoms with Crippen molar-refractivity contribution >= 4 is 0 Å². The van der Waals surface area contributed by atoms with Crippen LogP contribution < -0.4 is 5.73 Å². The maximum Gasteiger partial charge on any atom is 0.141 e. The molecule has 0 spiro atoms. The predicted molar refractivity (Wildman–Crippen MR) is 68.4 cm³/mol. The van der Waals surface area contributed by atoms with Gasteiger partial charge in [-0.25, -0.2) is 9.37 Å². The molecule has 96 valence electrons. The van der Waals surface area contributed by atoms with Gasteiger partial charge in [0.2, 0.25) is 0 Å². The van der Waals surface area contributed by atoms with Gasteiger partial charge in [0, 0.05) is 6.42 Å². The number of hydrogen-bond acceptors (Lipinski definition) is 3. The third kappa shape index (κ3) is 3.37. The number of nitrogens with one attached hydrogen (secondary N) is 1. The minimum absolute atomic E-state index is 0.333. The normalized spacial score (nSPS) is 10.8. The quantitative estimate of drug-likeness (QED) is 0.771. The summed E-state index contributed by atoms with van der Waals surface area (Å²) >= 11 is 0. The number of imidazole rings is 1. The van der Waals surface area contributed by atoms with E-state index in [-0.39, 0.29) is 5.82 Å². The lowest BCUT2D eigenvalue weighted by atomic mass is 10.2. The Morgan fingerprint density at radius 3 is 2.72 bits per heavy atom. The van der Waals surface area contributed by atoms with E-state index in [1.807, 2.05) is 0 Å². The molecule has 0 atom stereocenters. The van der Waals surface area contributed by atoms with Gasteiger partial charge in [-0.15, -0.1) is 0 Å². The number of hydrogen-bond donors (Lipinski definition) is 2. The Kier molecular flexibility index (Phi) is 4.41. The Morgan fingerprint density at radius 1 is 1.11 bits per heavy atom. The van der Waals surface area contributed by atoms with Crippen LogP contribution in [0.25, 0.3) is 11.4 Å². The van der Waals surface area contributed by atoms with Crippen LogP contribution in [0.1, 0.15) is 25.1 Å². The number of H-pyrrole nitrogens is 1. The fourth-order valence-electron chi connectivity index (χ4n) is 1.77. The van der Waals surface area contributed by atoms with Crippen LogP contribution in [0.4, 0.5) is 4.39 Å². The summed E-state index contributed by atoms with van der Waals surface area (Å²) in [5, 5.41) is 0. The van der Waals surface area contributed by atoms with Gasteiger partial charge in [-0.05, 0) is 31.5 Å². The Bertz CT molecular complexity index is 478. The van der Waals surface area contributed by atoms with E-state index in [1.54, 1.807) is 12.3 Å². The zero-order chi connectivity index (χ0) is 12.8. The first-order valence-corrected chi connectivity index (χ1v) is 6.15. The molecule has 2 heterocycles. The van der Waals surface area contributed by atoms with Gasteiger partial charge in [-0.3, -0.25) is 4.98 Å².